The van der Waals surface area contributed by atoms with Gasteiger partial charge in [0.05, 0.1) is 12.0 Å². The highest BCUT2D eigenvalue weighted by Gasteiger charge is 2.42. The monoisotopic (exact) mass is 260 g/mol. The number of rotatable bonds is 4. The fourth-order valence-corrected chi connectivity index (χ4v) is 3.24. The number of carbonyl (C=O) groups is 1. The maximum Gasteiger partial charge on any atom is 0.224 e. The van der Waals surface area contributed by atoms with Crippen LogP contribution in [0.1, 0.15) is 30.9 Å². The van der Waals surface area contributed by atoms with E-state index in [0.29, 0.717) is 12.1 Å². The van der Waals surface area contributed by atoms with Crippen LogP contribution in [0.5, 0.6) is 0 Å². The van der Waals surface area contributed by atoms with E-state index in [-0.39, 0.29) is 18.4 Å². The summed E-state index contributed by atoms with van der Waals surface area (Å²) >= 11 is 0. The number of amides is 1. The van der Waals surface area contributed by atoms with E-state index >= 15 is 0 Å². The van der Waals surface area contributed by atoms with Gasteiger partial charge in [-0.2, -0.15) is 0 Å². The molecule has 102 valence electrons. The van der Waals surface area contributed by atoms with E-state index in [0.717, 1.165) is 18.4 Å². The van der Waals surface area contributed by atoms with Gasteiger partial charge in [-0.1, -0.05) is 30.3 Å². The van der Waals surface area contributed by atoms with Gasteiger partial charge in [-0.15, -0.1) is 0 Å². The molecule has 2 aliphatic rings. The van der Waals surface area contributed by atoms with Crippen LogP contribution in [-0.2, 0) is 4.79 Å². The van der Waals surface area contributed by atoms with Crippen LogP contribution in [0.4, 0.5) is 0 Å². The fraction of sp³-hybridized carbons (Fsp3) is 0.533. The van der Waals surface area contributed by atoms with Crippen molar-refractivity contribution in [2.24, 2.45) is 5.92 Å². The first-order valence-corrected chi connectivity index (χ1v) is 7.01. The molecule has 0 aliphatic carbocycles. The van der Waals surface area contributed by atoms with Crippen molar-refractivity contribution in [2.75, 3.05) is 6.54 Å². The van der Waals surface area contributed by atoms with Gasteiger partial charge in [0.25, 0.3) is 0 Å². The van der Waals surface area contributed by atoms with Gasteiger partial charge < -0.3 is 15.7 Å². The molecule has 0 aromatic heterocycles. The van der Waals surface area contributed by atoms with Gasteiger partial charge in [-0.25, -0.2) is 0 Å². The number of aliphatic hydroxyl groups excluding tert-OH is 1. The Kier molecular flexibility index (Phi) is 3.53. The summed E-state index contributed by atoms with van der Waals surface area (Å²) in [7, 11) is 0. The molecule has 1 amide bonds. The largest absolute Gasteiger partial charge is 0.387 e. The van der Waals surface area contributed by atoms with Crippen LogP contribution in [0.2, 0.25) is 0 Å². The molecule has 2 fully saturated rings. The van der Waals surface area contributed by atoms with E-state index < -0.39 is 6.10 Å². The zero-order valence-electron chi connectivity index (χ0n) is 10.9. The van der Waals surface area contributed by atoms with Crippen LogP contribution in [0.3, 0.4) is 0 Å². The molecule has 4 heteroatoms. The van der Waals surface area contributed by atoms with Crippen molar-refractivity contribution in [3.8, 4) is 0 Å². The summed E-state index contributed by atoms with van der Waals surface area (Å²) in [5.41, 5.74) is 0.842. The van der Waals surface area contributed by atoms with Gasteiger partial charge in [0, 0.05) is 18.6 Å². The Morgan fingerprint density at radius 3 is 2.79 bits per heavy atom. The summed E-state index contributed by atoms with van der Waals surface area (Å²) < 4.78 is 0. The Labute approximate surface area is 113 Å². The van der Waals surface area contributed by atoms with Crippen molar-refractivity contribution in [3.63, 3.8) is 0 Å². The van der Waals surface area contributed by atoms with E-state index in [1.165, 1.54) is 6.42 Å². The maximum atomic E-state index is 12.1. The first-order chi connectivity index (χ1) is 9.24. The van der Waals surface area contributed by atoms with Gasteiger partial charge in [0.1, 0.15) is 0 Å². The Morgan fingerprint density at radius 2 is 2.16 bits per heavy atom. The van der Waals surface area contributed by atoms with Crippen LogP contribution < -0.4 is 10.6 Å². The summed E-state index contributed by atoms with van der Waals surface area (Å²) in [6, 6.07) is 10.3. The van der Waals surface area contributed by atoms with E-state index in [9.17, 15) is 9.90 Å². The van der Waals surface area contributed by atoms with Crippen LogP contribution >= 0.6 is 0 Å². The van der Waals surface area contributed by atoms with Gasteiger partial charge in [-0.05, 0) is 24.8 Å². The van der Waals surface area contributed by atoms with Crippen molar-refractivity contribution in [1.29, 1.82) is 0 Å². The van der Waals surface area contributed by atoms with Crippen molar-refractivity contribution in [3.05, 3.63) is 35.9 Å². The Bertz CT molecular complexity index is 449. The molecule has 4 atom stereocenters. The lowest BCUT2D eigenvalue weighted by molar-refractivity contribution is -0.126. The summed E-state index contributed by atoms with van der Waals surface area (Å²) in [6.07, 6.45) is 2.61. The van der Waals surface area contributed by atoms with Gasteiger partial charge in [0.2, 0.25) is 5.91 Å². The molecule has 3 rings (SSSR count). The number of carbonyl (C=O) groups excluding carboxylic acids is 1. The number of hydrogen-bond acceptors (Lipinski definition) is 3. The minimum atomic E-state index is -0.628. The fourth-order valence-electron chi connectivity index (χ4n) is 3.24. The zero-order chi connectivity index (χ0) is 13.2. The summed E-state index contributed by atoms with van der Waals surface area (Å²) in [5.74, 6) is 0.163. The highest BCUT2D eigenvalue weighted by molar-refractivity contribution is 5.80. The molecule has 0 saturated carbocycles. The van der Waals surface area contributed by atoms with E-state index in [1.807, 2.05) is 30.3 Å². The Morgan fingerprint density at radius 1 is 1.37 bits per heavy atom. The first kappa shape index (κ1) is 12.6. The third-order valence-electron chi connectivity index (χ3n) is 4.29. The minimum Gasteiger partial charge on any atom is -0.387 e. The van der Waals surface area contributed by atoms with E-state index in [4.69, 9.17) is 0 Å². The second-order valence-electron chi connectivity index (χ2n) is 5.56. The standard InChI is InChI=1S/C15H20N2O2/c18-14(10-4-2-1-3-5-10)9-16-15(19)12-8-11-6-7-13(12)17-11/h1-5,11-14,17-18H,6-9H2,(H,16,19). The first-order valence-electron chi connectivity index (χ1n) is 7.01. The number of fused-ring (bicyclic) bond motifs is 2. The van der Waals surface area contributed by atoms with E-state index in [1.54, 1.807) is 0 Å². The molecule has 4 unspecified atom stereocenters. The molecule has 2 bridgehead atoms. The lowest BCUT2D eigenvalue weighted by Crippen LogP contribution is -2.39. The number of nitrogens with one attached hydrogen (secondary N) is 2. The smallest absolute Gasteiger partial charge is 0.224 e. The molecule has 1 aromatic rings. The minimum absolute atomic E-state index is 0.0784. The lowest BCUT2D eigenvalue weighted by atomic mass is 9.88. The summed E-state index contributed by atoms with van der Waals surface area (Å²) in [4.78, 5) is 12.1. The Hall–Kier alpha value is -1.39. The summed E-state index contributed by atoms with van der Waals surface area (Å²) in [6.45, 7) is 0.288. The molecular weight excluding hydrogens is 240 g/mol. The van der Waals surface area contributed by atoms with Crippen molar-refractivity contribution in [2.45, 2.75) is 37.5 Å². The topological polar surface area (TPSA) is 61.4 Å². The third-order valence-corrected chi connectivity index (χ3v) is 4.29. The zero-order valence-corrected chi connectivity index (χ0v) is 10.9. The van der Waals surface area contributed by atoms with Gasteiger partial charge >= 0.3 is 0 Å². The SMILES string of the molecule is O=C(NCC(O)c1ccccc1)C1CC2CCC1N2. The molecule has 0 spiro atoms. The maximum absolute atomic E-state index is 12.1. The average Bonchev–Trinajstić information content (AvgIpc) is 3.08. The molecule has 4 nitrogen and oxygen atoms in total. The molecule has 1 aromatic carbocycles. The third kappa shape index (κ3) is 2.65. The molecule has 2 saturated heterocycles. The van der Waals surface area contributed by atoms with Crippen LogP contribution in [-0.4, -0.2) is 29.6 Å². The molecule has 3 N–H and O–H groups in total. The quantitative estimate of drug-likeness (QED) is 0.756. The molecule has 2 heterocycles. The van der Waals surface area contributed by atoms with Gasteiger partial charge in [-0.3, -0.25) is 4.79 Å². The van der Waals surface area contributed by atoms with E-state index in [2.05, 4.69) is 10.6 Å². The predicted molar refractivity (Wildman–Crippen MR) is 72.5 cm³/mol. The second-order valence-corrected chi connectivity index (χ2v) is 5.56. The highest BCUT2D eigenvalue weighted by atomic mass is 16.3. The number of aliphatic hydroxyl groups is 1. The predicted octanol–water partition coefficient (Wildman–Crippen LogP) is 0.977. The van der Waals surface area contributed by atoms with Gasteiger partial charge in [0.15, 0.2) is 0 Å². The normalized spacial score (nSPS) is 30.3. The number of benzene rings is 1. The molecular formula is C15H20N2O2. The number of hydrogen-bond donors (Lipinski definition) is 3. The Balaban J connectivity index is 1.51. The summed E-state index contributed by atoms with van der Waals surface area (Å²) in [5, 5.41) is 16.3. The molecule has 19 heavy (non-hydrogen) atoms. The van der Waals surface area contributed by atoms with Crippen molar-refractivity contribution < 1.29 is 9.90 Å². The van der Waals surface area contributed by atoms with Crippen LogP contribution in [0.15, 0.2) is 30.3 Å². The second kappa shape index (κ2) is 5.31. The molecule has 0 radical (unpaired) electrons. The average molecular weight is 260 g/mol. The van der Waals surface area contributed by atoms with Crippen molar-refractivity contribution in [1.82, 2.24) is 10.6 Å². The van der Waals surface area contributed by atoms with Crippen LogP contribution in [0, 0.1) is 5.92 Å². The van der Waals surface area contributed by atoms with Crippen molar-refractivity contribution >= 4 is 5.91 Å². The highest BCUT2D eigenvalue weighted by Crippen LogP contribution is 2.33. The molecule has 2 aliphatic heterocycles. The van der Waals surface area contributed by atoms with Crippen LogP contribution in [0.25, 0.3) is 0 Å². The lowest BCUT2D eigenvalue weighted by Gasteiger charge is -2.20.